The normalized spacial score (nSPS) is 36.6. The molecule has 0 aromatic heterocycles. The van der Waals surface area contributed by atoms with Crippen LogP contribution in [0.25, 0.3) is 5.57 Å². The first-order valence-corrected chi connectivity index (χ1v) is 20.8. The van der Waals surface area contributed by atoms with Gasteiger partial charge in [0.2, 0.25) is 0 Å². The van der Waals surface area contributed by atoms with Gasteiger partial charge in [-0.25, -0.2) is 13.6 Å². The highest BCUT2D eigenvalue weighted by molar-refractivity contribution is 7.99. The summed E-state index contributed by atoms with van der Waals surface area (Å²) >= 11 is 2.07. The van der Waals surface area contributed by atoms with E-state index in [4.69, 9.17) is 0 Å². The van der Waals surface area contributed by atoms with Crippen LogP contribution in [0.1, 0.15) is 115 Å². The molecule has 6 aliphatic rings. The van der Waals surface area contributed by atoms with Crippen LogP contribution in [0, 0.1) is 62.9 Å². The zero-order chi connectivity index (χ0) is 37.2. The molecule has 8 heteroatoms. The molecule has 0 spiro atoms. The number of fused-ring (bicyclic) bond motifs is 7. The smallest absolute Gasteiger partial charge is 0.341 e. The van der Waals surface area contributed by atoms with Crippen molar-refractivity contribution in [1.82, 2.24) is 10.2 Å². The number of thioether (sulfide) groups is 1. The summed E-state index contributed by atoms with van der Waals surface area (Å²) in [6.45, 7) is 19.6. The molecule has 284 valence electrons. The fourth-order valence-corrected chi connectivity index (χ4v) is 13.6. The van der Waals surface area contributed by atoms with Gasteiger partial charge >= 0.3 is 5.97 Å². The van der Waals surface area contributed by atoms with E-state index in [1.807, 2.05) is 14.0 Å². The van der Waals surface area contributed by atoms with Crippen LogP contribution in [-0.2, 0) is 4.79 Å². The van der Waals surface area contributed by atoms with Gasteiger partial charge in [0.25, 0.3) is 0 Å². The van der Waals surface area contributed by atoms with Crippen LogP contribution in [-0.4, -0.2) is 67.0 Å². The van der Waals surface area contributed by atoms with Crippen molar-refractivity contribution in [3.8, 4) is 0 Å². The van der Waals surface area contributed by atoms with E-state index in [-0.39, 0.29) is 21.7 Å². The predicted octanol–water partition coefficient (Wildman–Crippen LogP) is 9.77. The van der Waals surface area contributed by atoms with Gasteiger partial charge in [0, 0.05) is 43.1 Å². The molecule has 0 radical (unpaired) electrons. The molecule has 1 aromatic rings. The third-order valence-corrected chi connectivity index (χ3v) is 15.7. The van der Waals surface area contributed by atoms with Crippen molar-refractivity contribution in [2.24, 2.45) is 51.2 Å². The lowest BCUT2D eigenvalue weighted by molar-refractivity contribution is -0.178. The summed E-state index contributed by atoms with van der Waals surface area (Å²) in [5.41, 5.74) is 0.522. The van der Waals surface area contributed by atoms with E-state index < -0.39 is 23.2 Å². The molecule has 5 fully saturated rings. The zero-order valence-corrected chi connectivity index (χ0v) is 33.0. The van der Waals surface area contributed by atoms with Gasteiger partial charge in [-0.15, -0.1) is 6.58 Å². The number of rotatable bonds is 6. The van der Waals surface area contributed by atoms with Gasteiger partial charge in [0.15, 0.2) is 0 Å². The summed E-state index contributed by atoms with van der Waals surface area (Å²) in [4.78, 5) is 26.1. The quantitative estimate of drug-likeness (QED) is 0.225. The maximum atomic E-state index is 14.7. The largest absolute Gasteiger partial charge is 0.477 e. The number of likely N-dealkylation sites (N-methyl/N-ethyl adjacent to an activating group) is 1. The van der Waals surface area contributed by atoms with Gasteiger partial charge in [-0.05, 0) is 141 Å². The fourth-order valence-electron chi connectivity index (χ4n) is 12.6. The predicted molar refractivity (Wildman–Crippen MR) is 207 cm³/mol. The molecule has 0 amide bonds. The maximum Gasteiger partial charge on any atom is 0.341 e. The second-order valence-corrected chi connectivity index (χ2v) is 18.7. The number of carboxylic acids is 1. The summed E-state index contributed by atoms with van der Waals surface area (Å²) < 4.78 is 29.4. The van der Waals surface area contributed by atoms with Crippen molar-refractivity contribution in [3.63, 3.8) is 0 Å². The van der Waals surface area contributed by atoms with Crippen molar-refractivity contribution >= 4 is 29.6 Å². The number of allylic oxidation sites excluding steroid dienone is 3. The summed E-state index contributed by atoms with van der Waals surface area (Å²) in [5.74, 6) is 1.91. The minimum Gasteiger partial charge on any atom is -0.477 e. The zero-order valence-electron chi connectivity index (χ0n) is 32.2. The van der Waals surface area contributed by atoms with E-state index in [0.29, 0.717) is 35.2 Å². The second kappa shape index (κ2) is 16.1. The maximum absolute atomic E-state index is 14.7. The number of benzene rings is 1. The Balaban J connectivity index is 0.000000329. The Morgan fingerprint density at radius 3 is 2.25 bits per heavy atom. The number of carbonyl (C=O) groups is 2. The highest BCUT2D eigenvalue weighted by Gasteiger charge is 2.65. The number of hydrogen-bond donors (Lipinski definition) is 2. The summed E-state index contributed by atoms with van der Waals surface area (Å²) in [6.07, 6.45) is 16.6. The number of aldehydes is 1. The van der Waals surface area contributed by atoms with E-state index in [1.54, 1.807) is 6.08 Å². The second-order valence-electron chi connectivity index (χ2n) is 17.5. The lowest BCUT2D eigenvalue weighted by Crippen LogP contribution is -2.61. The van der Waals surface area contributed by atoms with Crippen LogP contribution in [0.5, 0.6) is 0 Å². The molecular formula is C43H64F2N2O3S. The van der Waals surface area contributed by atoms with E-state index in [9.17, 15) is 23.5 Å². The van der Waals surface area contributed by atoms with Gasteiger partial charge < -0.3 is 20.1 Å². The highest BCUT2D eigenvalue weighted by Crippen LogP contribution is 2.73. The molecule has 4 saturated carbocycles. The molecule has 1 aromatic carbocycles. The molecule has 8 unspecified atom stereocenters. The van der Waals surface area contributed by atoms with Crippen molar-refractivity contribution < 1.29 is 23.5 Å². The lowest BCUT2D eigenvalue weighted by Gasteiger charge is -2.68. The van der Waals surface area contributed by atoms with Gasteiger partial charge in [-0.3, -0.25) is 0 Å². The van der Waals surface area contributed by atoms with Gasteiger partial charge in [0.05, 0.1) is 0 Å². The van der Waals surface area contributed by atoms with Gasteiger partial charge in [-0.2, -0.15) is 11.8 Å². The van der Waals surface area contributed by atoms with Crippen molar-refractivity contribution in [1.29, 1.82) is 0 Å². The Hall–Kier alpha value is -2.03. The Kier molecular flexibility index (Phi) is 12.7. The third kappa shape index (κ3) is 7.41. The van der Waals surface area contributed by atoms with Crippen LogP contribution < -0.4 is 5.32 Å². The number of aromatic carboxylic acids is 1. The van der Waals surface area contributed by atoms with Crippen LogP contribution >= 0.6 is 11.8 Å². The number of carboxylic acid groups (broad SMARTS) is 1. The van der Waals surface area contributed by atoms with Gasteiger partial charge in [-0.1, -0.05) is 46.3 Å². The Morgan fingerprint density at radius 1 is 0.980 bits per heavy atom. The molecule has 7 rings (SSSR count). The fraction of sp³-hybridized carbons (Fsp3) is 0.721. The van der Waals surface area contributed by atoms with E-state index in [0.717, 1.165) is 44.2 Å². The number of nitrogens with zero attached hydrogens (tertiary/aromatic N) is 1. The molecule has 5 nitrogen and oxygen atoms in total. The summed E-state index contributed by atoms with van der Waals surface area (Å²) in [6, 6.07) is 2.42. The Morgan fingerprint density at radius 2 is 1.65 bits per heavy atom. The minimum atomic E-state index is -1.58. The first kappa shape index (κ1) is 40.2. The van der Waals surface area contributed by atoms with E-state index in [2.05, 4.69) is 62.3 Å². The number of hydrogen-bond acceptors (Lipinski definition) is 5. The van der Waals surface area contributed by atoms with Crippen LogP contribution in [0.4, 0.5) is 8.78 Å². The molecule has 1 aliphatic heterocycles. The summed E-state index contributed by atoms with van der Waals surface area (Å²) in [7, 11) is 2.01. The third-order valence-electron chi connectivity index (χ3n) is 14.7. The van der Waals surface area contributed by atoms with Crippen molar-refractivity contribution in [2.45, 2.75) is 98.8 Å². The van der Waals surface area contributed by atoms with Crippen LogP contribution in [0.3, 0.4) is 0 Å². The Bertz CT molecular complexity index is 1440. The van der Waals surface area contributed by atoms with Gasteiger partial charge in [0.1, 0.15) is 23.5 Å². The molecule has 1 heterocycles. The summed E-state index contributed by atoms with van der Waals surface area (Å²) in [5, 5.41) is 12.4. The molecule has 0 bridgehead atoms. The average Bonchev–Trinajstić information content (AvgIpc) is 3.53. The first-order chi connectivity index (χ1) is 24.2. The molecule has 51 heavy (non-hydrogen) atoms. The molecule has 5 aliphatic carbocycles. The molecule has 8 atom stereocenters. The monoisotopic (exact) mass is 726 g/mol. The molecular weight excluding hydrogens is 663 g/mol. The lowest BCUT2D eigenvalue weighted by atomic mass is 9.36. The van der Waals surface area contributed by atoms with Crippen molar-refractivity contribution in [2.75, 3.05) is 44.7 Å². The van der Waals surface area contributed by atoms with Crippen molar-refractivity contribution in [3.05, 3.63) is 53.6 Å². The SMILES string of the molecule is C=CC.CC1(C)C(c2cc(F)c(C(=O)O)c(F)c2)=CCC2(C)C1CCC1(C)C3CCC4(C=O)CCCC4C3CCC12.CNCCN1CCSCC1. The first-order valence-electron chi connectivity index (χ1n) is 19.7. The Labute approximate surface area is 310 Å². The molecule has 2 N–H and O–H groups in total. The average molecular weight is 727 g/mol. The topological polar surface area (TPSA) is 69.6 Å². The van der Waals surface area contributed by atoms with E-state index in [1.165, 1.54) is 81.7 Å². The number of nitrogens with one attached hydrogen (secondary N) is 1. The number of halogens is 2. The minimum absolute atomic E-state index is 0.0589. The van der Waals surface area contributed by atoms with Crippen LogP contribution in [0.15, 0.2) is 30.9 Å². The van der Waals surface area contributed by atoms with Crippen LogP contribution in [0.2, 0.25) is 0 Å². The number of carbonyl (C=O) groups excluding carboxylic acids is 1. The van der Waals surface area contributed by atoms with E-state index >= 15 is 0 Å². The molecule has 1 saturated heterocycles. The standard InChI is InChI=1S/C33H42F2O3.C7H16N2S.C3H6/c1-30(2)21(19-16-24(34)28(29(37)38)25(35)17-19)9-13-32(4)26(30)11-14-31(3)22-10-15-33(18-36)12-5-6-23(33)20(22)7-8-27(31)32;1-8-2-3-9-4-6-10-7-5-9;1-3-2/h9,16-18,20,22-23,26-27H,5-8,10-15H2,1-4H3,(H,37,38);8H,2-7H2,1H3;3H,1H2,2H3. The highest BCUT2D eigenvalue weighted by atomic mass is 32.2.